The number of hydrogen-bond acceptors (Lipinski definition) is 1. The zero-order valence-electron chi connectivity index (χ0n) is 10.7. The number of ketones is 1. The fraction of sp³-hybridized carbons (Fsp3) is 0.533. The van der Waals surface area contributed by atoms with Gasteiger partial charge in [-0.2, -0.15) is 0 Å². The average Bonchev–Trinajstić information content (AvgIpc) is 2.34. The Morgan fingerprint density at radius 1 is 1.00 bits per heavy atom. The quantitative estimate of drug-likeness (QED) is 0.378. The predicted molar refractivity (Wildman–Crippen MR) is 74.2 cm³/mol. The molecule has 1 aromatic carbocycles. The summed E-state index contributed by atoms with van der Waals surface area (Å²) in [5.41, 5.74) is 1.49. The van der Waals surface area contributed by atoms with Gasteiger partial charge in [-0.3, -0.25) is 4.79 Å². The van der Waals surface area contributed by atoms with Crippen molar-refractivity contribution in [2.75, 3.05) is 0 Å². The van der Waals surface area contributed by atoms with E-state index in [0.717, 1.165) is 12.0 Å². The van der Waals surface area contributed by atoms with Crippen molar-refractivity contribution in [2.24, 2.45) is 0 Å². The van der Waals surface area contributed by atoms with E-state index in [2.05, 4.69) is 6.92 Å². The molecule has 0 amide bonds. The molecule has 0 atom stereocenters. The highest BCUT2D eigenvalue weighted by molar-refractivity contribution is 6.32. The van der Waals surface area contributed by atoms with E-state index in [1.807, 2.05) is 12.1 Å². The van der Waals surface area contributed by atoms with E-state index in [0.29, 0.717) is 11.9 Å². The number of hydrogen-bond donors (Lipinski definition) is 0. The van der Waals surface area contributed by atoms with Crippen molar-refractivity contribution in [3.05, 3.63) is 29.8 Å². The molecule has 1 nitrogen and oxygen atoms in total. The summed E-state index contributed by atoms with van der Waals surface area (Å²) in [5, 5.41) is 0. The van der Waals surface area contributed by atoms with Crippen LogP contribution in [0.3, 0.4) is 0 Å². The van der Waals surface area contributed by atoms with Gasteiger partial charge < -0.3 is 0 Å². The monoisotopic (exact) mass is 228 g/mol. The maximum Gasteiger partial charge on any atom is 0.162 e. The molecule has 2 radical (unpaired) electrons. The van der Waals surface area contributed by atoms with Crippen LogP contribution in [0, 0.1) is 0 Å². The topological polar surface area (TPSA) is 17.1 Å². The van der Waals surface area contributed by atoms with Gasteiger partial charge in [0.05, 0.1) is 0 Å². The molecule has 0 N–H and O–H groups in total. The highest BCUT2D eigenvalue weighted by Gasteiger charge is 2.04. The van der Waals surface area contributed by atoms with Crippen LogP contribution in [0.2, 0.25) is 0 Å². The summed E-state index contributed by atoms with van der Waals surface area (Å²) in [6, 6.07) is 7.20. The molecule has 0 aromatic heterocycles. The molecule has 1 aromatic rings. The fourth-order valence-electron chi connectivity index (χ4n) is 1.88. The first-order chi connectivity index (χ1) is 8.24. The lowest BCUT2D eigenvalue weighted by atomic mass is 9.94. The van der Waals surface area contributed by atoms with Crippen LogP contribution < -0.4 is 5.46 Å². The molecule has 0 bridgehead atoms. The maximum absolute atomic E-state index is 11.8. The summed E-state index contributed by atoms with van der Waals surface area (Å²) in [4.78, 5) is 11.8. The normalized spacial score (nSPS) is 10.4. The lowest BCUT2D eigenvalue weighted by molar-refractivity contribution is 0.0979. The molecule has 0 unspecified atom stereocenters. The molecule has 90 valence electrons. The van der Waals surface area contributed by atoms with Crippen molar-refractivity contribution in [1.82, 2.24) is 0 Å². The number of Topliss-reactive ketones (excluding diaryl/α,β-unsaturated/α-hetero) is 1. The van der Waals surface area contributed by atoms with Gasteiger partial charge in [-0.15, -0.1) is 0 Å². The Labute approximate surface area is 106 Å². The molecule has 0 heterocycles. The minimum absolute atomic E-state index is 0.237. The van der Waals surface area contributed by atoms with Crippen LogP contribution in [-0.4, -0.2) is 13.6 Å². The molecule has 2 heteroatoms. The Morgan fingerprint density at radius 3 is 2.24 bits per heavy atom. The first-order valence-electron chi connectivity index (χ1n) is 6.62. The van der Waals surface area contributed by atoms with Crippen molar-refractivity contribution in [2.45, 2.75) is 51.9 Å². The van der Waals surface area contributed by atoms with Gasteiger partial charge in [-0.05, 0) is 6.42 Å². The molecular formula is C15H21BO. The van der Waals surface area contributed by atoms with Crippen molar-refractivity contribution < 1.29 is 4.79 Å². The molecule has 0 aliphatic heterocycles. The molecule has 0 fully saturated rings. The fourth-order valence-corrected chi connectivity index (χ4v) is 1.88. The predicted octanol–water partition coefficient (Wildman–Crippen LogP) is 3.41. The van der Waals surface area contributed by atoms with Crippen LogP contribution in [0.15, 0.2) is 24.3 Å². The Bertz CT molecular complexity index is 329. The van der Waals surface area contributed by atoms with E-state index in [4.69, 9.17) is 7.85 Å². The van der Waals surface area contributed by atoms with Gasteiger partial charge in [0.25, 0.3) is 0 Å². The van der Waals surface area contributed by atoms with Gasteiger partial charge in [0.2, 0.25) is 0 Å². The van der Waals surface area contributed by atoms with Crippen molar-refractivity contribution >= 4 is 19.1 Å². The molecule has 0 saturated heterocycles. The number of unbranched alkanes of at least 4 members (excludes halogenated alkanes) is 5. The molecule has 0 spiro atoms. The highest BCUT2D eigenvalue weighted by Crippen LogP contribution is 2.10. The molecular weight excluding hydrogens is 207 g/mol. The number of carbonyl (C=O) groups is 1. The van der Waals surface area contributed by atoms with Crippen LogP contribution >= 0.6 is 0 Å². The van der Waals surface area contributed by atoms with Crippen LogP contribution in [-0.2, 0) is 0 Å². The largest absolute Gasteiger partial charge is 0.294 e. The lowest BCUT2D eigenvalue weighted by Crippen LogP contribution is -2.04. The average molecular weight is 228 g/mol. The Kier molecular flexibility index (Phi) is 6.68. The van der Waals surface area contributed by atoms with Gasteiger partial charge in [0, 0.05) is 12.0 Å². The molecule has 1 rings (SSSR count). The third-order valence-corrected chi connectivity index (χ3v) is 2.99. The molecule has 0 aliphatic carbocycles. The van der Waals surface area contributed by atoms with Gasteiger partial charge >= 0.3 is 0 Å². The van der Waals surface area contributed by atoms with Crippen molar-refractivity contribution in [1.29, 1.82) is 0 Å². The van der Waals surface area contributed by atoms with E-state index in [1.54, 1.807) is 12.1 Å². The third kappa shape index (κ3) is 5.72. The van der Waals surface area contributed by atoms with Gasteiger partial charge in [-0.25, -0.2) is 0 Å². The second-order valence-corrected chi connectivity index (χ2v) is 4.56. The summed E-state index contributed by atoms with van der Waals surface area (Å²) < 4.78 is 0. The smallest absolute Gasteiger partial charge is 0.162 e. The summed E-state index contributed by atoms with van der Waals surface area (Å²) in [5.74, 6) is 0.237. The highest BCUT2D eigenvalue weighted by atomic mass is 16.1. The molecule has 0 aliphatic rings. The van der Waals surface area contributed by atoms with Gasteiger partial charge in [-0.1, -0.05) is 68.8 Å². The van der Waals surface area contributed by atoms with Gasteiger partial charge in [0.1, 0.15) is 7.85 Å². The van der Waals surface area contributed by atoms with Crippen LogP contribution in [0.25, 0.3) is 0 Å². The van der Waals surface area contributed by atoms with E-state index in [9.17, 15) is 4.79 Å². The number of carbonyl (C=O) groups excluding carboxylic acids is 1. The molecule has 0 saturated carbocycles. The zero-order chi connectivity index (χ0) is 12.5. The Morgan fingerprint density at radius 2 is 1.59 bits per heavy atom. The third-order valence-electron chi connectivity index (χ3n) is 2.99. The van der Waals surface area contributed by atoms with E-state index in [1.165, 1.54) is 32.1 Å². The van der Waals surface area contributed by atoms with E-state index < -0.39 is 0 Å². The zero-order valence-corrected chi connectivity index (χ0v) is 10.7. The number of rotatable bonds is 8. The number of benzene rings is 1. The lowest BCUT2D eigenvalue weighted by Gasteiger charge is -2.02. The Hall–Kier alpha value is -1.05. The van der Waals surface area contributed by atoms with Crippen molar-refractivity contribution in [3.63, 3.8) is 0 Å². The van der Waals surface area contributed by atoms with Crippen LogP contribution in [0.1, 0.15) is 62.2 Å². The minimum atomic E-state index is 0.237. The second kappa shape index (κ2) is 8.11. The SMILES string of the molecule is [B]c1ccc(C(=O)CCCCCCCC)cc1. The summed E-state index contributed by atoms with van der Waals surface area (Å²) in [6.45, 7) is 2.21. The Balaban J connectivity index is 2.19. The first-order valence-corrected chi connectivity index (χ1v) is 6.62. The summed E-state index contributed by atoms with van der Waals surface area (Å²) in [6.07, 6.45) is 7.97. The summed E-state index contributed by atoms with van der Waals surface area (Å²) in [7, 11) is 5.58. The molecule has 17 heavy (non-hydrogen) atoms. The maximum atomic E-state index is 11.8. The van der Waals surface area contributed by atoms with Crippen LogP contribution in [0.5, 0.6) is 0 Å². The standard InChI is InChI=1S/C15H21BO/c1-2-3-4-5-6-7-8-15(17)13-9-11-14(16)12-10-13/h9-12H,2-8H2,1H3. The second-order valence-electron chi connectivity index (χ2n) is 4.56. The first kappa shape index (κ1) is 14.0. The minimum Gasteiger partial charge on any atom is -0.294 e. The van der Waals surface area contributed by atoms with Crippen molar-refractivity contribution in [3.8, 4) is 0 Å². The van der Waals surface area contributed by atoms with E-state index >= 15 is 0 Å². The van der Waals surface area contributed by atoms with Gasteiger partial charge in [0.15, 0.2) is 5.78 Å². The van der Waals surface area contributed by atoms with E-state index in [-0.39, 0.29) is 5.78 Å². The summed E-state index contributed by atoms with van der Waals surface area (Å²) >= 11 is 0. The van der Waals surface area contributed by atoms with Crippen LogP contribution in [0.4, 0.5) is 0 Å².